The zero-order valence-electron chi connectivity index (χ0n) is 19.7. The maximum Gasteiger partial charge on any atom is 0.416 e. The van der Waals surface area contributed by atoms with Crippen LogP contribution in [0.15, 0.2) is 82.7 Å². The average Bonchev–Trinajstić information content (AvgIpc) is 2.90. The summed E-state index contributed by atoms with van der Waals surface area (Å²) in [7, 11) is 0. The molecule has 0 spiro atoms. The van der Waals surface area contributed by atoms with Crippen molar-refractivity contribution in [3.8, 4) is 23.1 Å². The number of nitriles is 1. The number of benzene rings is 3. The lowest BCUT2D eigenvalue weighted by Gasteiger charge is -2.10. The highest BCUT2D eigenvalue weighted by molar-refractivity contribution is 7.98. The second-order valence-electron chi connectivity index (χ2n) is 8.20. The molecule has 3 aromatic carbocycles. The third kappa shape index (κ3) is 7.00. The predicted molar refractivity (Wildman–Crippen MR) is 132 cm³/mol. The molecule has 39 heavy (non-hydrogen) atoms. The Kier molecular flexibility index (Phi) is 8.01. The van der Waals surface area contributed by atoms with Crippen molar-refractivity contribution in [3.05, 3.63) is 111 Å². The van der Waals surface area contributed by atoms with Gasteiger partial charge in [0.1, 0.15) is 24.0 Å². The molecule has 0 aliphatic rings. The van der Waals surface area contributed by atoms with Crippen LogP contribution < -0.4 is 10.3 Å². The Balaban J connectivity index is 1.46. The average molecular weight is 562 g/mol. The number of H-pyrrole nitrogens is 1. The number of alkyl halides is 6. The summed E-state index contributed by atoms with van der Waals surface area (Å²) < 4.78 is 82.0. The molecular weight excluding hydrogens is 544 g/mol. The number of aromatic nitrogens is 2. The molecule has 0 unspecified atom stereocenters. The van der Waals surface area contributed by atoms with Gasteiger partial charge in [0.05, 0.1) is 16.8 Å². The monoisotopic (exact) mass is 561 g/mol. The van der Waals surface area contributed by atoms with E-state index in [2.05, 4.69) is 9.97 Å². The van der Waals surface area contributed by atoms with E-state index in [0.717, 1.165) is 36.0 Å². The Morgan fingerprint density at radius 2 is 1.36 bits per heavy atom. The van der Waals surface area contributed by atoms with Gasteiger partial charge in [0.2, 0.25) is 0 Å². The minimum absolute atomic E-state index is 0.0227. The van der Waals surface area contributed by atoms with Crippen LogP contribution in [-0.4, -0.2) is 9.97 Å². The first-order valence-electron chi connectivity index (χ1n) is 11.2. The fourth-order valence-electron chi connectivity index (χ4n) is 3.44. The minimum atomic E-state index is -4.44. The first-order valence-corrected chi connectivity index (χ1v) is 12.2. The van der Waals surface area contributed by atoms with Crippen LogP contribution >= 0.6 is 11.8 Å². The molecular formula is C27H17F6N3O2S. The van der Waals surface area contributed by atoms with E-state index in [1.165, 1.54) is 24.3 Å². The summed E-state index contributed by atoms with van der Waals surface area (Å²) in [6.45, 7) is 0.0227. The Bertz CT molecular complexity index is 1540. The predicted octanol–water partition coefficient (Wildman–Crippen LogP) is 7.22. The maximum atomic E-state index is 12.8. The smallest absolute Gasteiger partial charge is 0.416 e. The quantitative estimate of drug-likeness (QED) is 0.147. The largest absolute Gasteiger partial charge is 0.489 e. The molecule has 0 bridgehead atoms. The topological polar surface area (TPSA) is 78.8 Å². The number of aromatic amines is 1. The molecule has 5 nitrogen and oxygen atoms in total. The van der Waals surface area contributed by atoms with Crippen molar-refractivity contribution in [2.45, 2.75) is 29.9 Å². The van der Waals surface area contributed by atoms with Gasteiger partial charge >= 0.3 is 12.4 Å². The summed E-state index contributed by atoms with van der Waals surface area (Å²) >= 11 is 1.09. The van der Waals surface area contributed by atoms with Crippen LogP contribution in [0.25, 0.3) is 11.3 Å². The Morgan fingerprint density at radius 1 is 0.821 bits per heavy atom. The number of nitrogens with one attached hydrogen (secondary N) is 1. The van der Waals surface area contributed by atoms with Crippen LogP contribution in [-0.2, 0) is 24.7 Å². The third-order valence-corrected chi connectivity index (χ3v) is 6.43. The second kappa shape index (κ2) is 11.2. The fraction of sp³-hybridized carbons (Fsp3) is 0.148. The molecule has 200 valence electrons. The maximum absolute atomic E-state index is 12.8. The molecule has 0 amide bonds. The van der Waals surface area contributed by atoms with E-state index in [0.29, 0.717) is 22.4 Å². The summed E-state index contributed by atoms with van der Waals surface area (Å²) in [6.07, 6.45) is -8.87. The van der Waals surface area contributed by atoms with Gasteiger partial charge in [0.15, 0.2) is 5.16 Å². The molecule has 12 heteroatoms. The highest BCUT2D eigenvalue weighted by Crippen LogP contribution is 2.31. The molecule has 4 rings (SSSR count). The van der Waals surface area contributed by atoms with E-state index in [1.807, 2.05) is 6.07 Å². The molecule has 0 aliphatic carbocycles. The lowest BCUT2D eigenvalue weighted by Crippen LogP contribution is -2.14. The molecule has 0 fully saturated rings. The van der Waals surface area contributed by atoms with E-state index >= 15 is 0 Å². The van der Waals surface area contributed by atoms with Crippen molar-refractivity contribution in [3.63, 3.8) is 0 Å². The van der Waals surface area contributed by atoms with Crippen LogP contribution in [0.5, 0.6) is 5.75 Å². The Labute approximate surface area is 222 Å². The standard InChI is InChI=1S/C27H17F6N3O2S/c28-26(29,30)19-7-1-16(2-8-19)14-38-21-11-5-18(6-12-21)23-22(13-34)24(37)36-25(35-23)39-15-17-3-9-20(10-4-17)27(31,32)33/h1-12H,14-15H2,(H,35,36,37). The van der Waals surface area contributed by atoms with Gasteiger partial charge in [-0.1, -0.05) is 36.0 Å². The number of rotatable bonds is 7. The summed E-state index contributed by atoms with van der Waals surface area (Å²) in [6, 6.07) is 17.3. The number of hydrogen-bond donors (Lipinski definition) is 1. The highest BCUT2D eigenvalue weighted by atomic mass is 32.2. The highest BCUT2D eigenvalue weighted by Gasteiger charge is 2.30. The van der Waals surface area contributed by atoms with Gasteiger partial charge in [-0.2, -0.15) is 31.6 Å². The lowest BCUT2D eigenvalue weighted by molar-refractivity contribution is -0.138. The van der Waals surface area contributed by atoms with Crippen molar-refractivity contribution < 1.29 is 31.1 Å². The van der Waals surface area contributed by atoms with Crippen LogP contribution in [0.3, 0.4) is 0 Å². The summed E-state index contributed by atoms with van der Waals surface area (Å²) in [5.41, 5.74) is -0.740. The molecule has 0 radical (unpaired) electrons. The molecule has 0 saturated heterocycles. The molecule has 4 aromatic rings. The van der Waals surface area contributed by atoms with E-state index in [1.54, 1.807) is 24.3 Å². The lowest BCUT2D eigenvalue weighted by atomic mass is 10.1. The van der Waals surface area contributed by atoms with Crippen LogP contribution in [0, 0.1) is 11.3 Å². The van der Waals surface area contributed by atoms with Gasteiger partial charge in [-0.05, 0) is 59.7 Å². The second-order valence-corrected chi connectivity index (χ2v) is 9.16. The molecule has 1 N–H and O–H groups in total. The van der Waals surface area contributed by atoms with Gasteiger partial charge in [0.25, 0.3) is 5.56 Å². The molecule has 1 heterocycles. The van der Waals surface area contributed by atoms with Crippen LogP contribution in [0.4, 0.5) is 26.3 Å². The third-order valence-electron chi connectivity index (χ3n) is 5.48. The van der Waals surface area contributed by atoms with Crippen molar-refractivity contribution in [2.24, 2.45) is 0 Å². The van der Waals surface area contributed by atoms with E-state index in [4.69, 9.17) is 4.74 Å². The zero-order chi connectivity index (χ0) is 28.2. The van der Waals surface area contributed by atoms with Crippen molar-refractivity contribution in [1.82, 2.24) is 9.97 Å². The number of hydrogen-bond acceptors (Lipinski definition) is 5. The van der Waals surface area contributed by atoms with Gasteiger partial charge in [-0.15, -0.1) is 0 Å². The van der Waals surface area contributed by atoms with Gasteiger partial charge in [-0.25, -0.2) is 4.98 Å². The van der Waals surface area contributed by atoms with Gasteiger partial charge in [-0.3, -0.25) is 4.79 Å². The summed E-state index contributed by atoms with van der Waals surface area (Å²) in [5, 5.41) is 9.66. The number of halogens is 6. The van der Waals surface area contributed by atoms with Crippen LogP contribution in [0.1, 0.15) is 27.8 Å². The summed E-state index contributed by atoms with van der Waals surface area (Å²) in [5.74, 6) is 0.627. The minimum Gasteiger partial charge on any atom is -0.489 e. The first-order chi connectivity index (χ1) is 18.4. The van der Waals surface area contributed by atoms with Gasteiger partial charge < -0.3 is 9.72 Å². The van der Waals surface area contributed by atoms with Gasteiger partial charge in [0, 0.05) is 11.3 Å². The first kappa shape index (κ1) is 27.8. The number of ether oxygens (including phenoxy) is 1. The van der Waals surface area contributed by atoms with E-state index < -0.39 is 29.0 Å². The summed E-state index contributed by atoms with van der Waals surface area (Å²) in [4.78, 5) is 19.4. The number of thioether (sulfide) groups is 1. The SMILES string of the molecule is N#Cc1c(-c2ccc(OCc3ccc(C(F)(F)F)cc3)cc2)nc(SCc2ccc(C(F)(F)F)cc2)[nH]c1=O. The molecule has 1 aromatic heterocycles. The number of nitrogens with zero attached hydrogens (tertiary/aromatic N) is 2. The molecule has 0 atom stereocenters. The Hall–Kier alpha value is -4.24. The van der Waals surface area contributed by atoms with Crippen molar-refractivity contribution >= 4 is 11.8 Å². The fourth-order valence-corrected chi connectivity index (χ4v) is 4.26. The van der Waals surface area contributed by atoms with E-state index in [-0.39, 0.29) is 28.8 Å². The normalized spacial score (nSPS) is 11.7. The van der Waals surface area contributed by atoms with Crippen LogP contribution in [0.2, 0.25) is 0 Å². The zero-order valence-corrected chi connectivity index (χ0v) is 20.5. The molecule has 0 saturated carbocycles. The Morgan fingerprint density at radius 3 is 1.87 bits per heavy atom. The van der Waals surface area contributed by atoms with Crippen molar-refractivity contribution in [2.75, 3.05) is 0 Å². The molecule has 0 aliphatic heterocycles. The van der Waals surface area contributed by atoms with E-state index in [9.17, 15) is 36.4 Å². The van der Waals surface area contributed by atoms with Crippen molar-refractivity contribution in [1.29, 1.82) is 5.26 Å².